The third-order valence-corrected chi connectivity index (χ3v) is 25.5. The van der Waals surface area contributed by atoms with E-state index in [0.717, 1.165) is 180 Å². The number of rotatable bonds is 23. The number of alkyl halides is 2. The molecule has 2 aliphatic carbocycles. The first kappa shape index (κ1) is 97.6. The van der Waals surface area contributed by atoms with Crippen molar-refractivity contribution in [2.24, 2.45) is 5.92 Å². The van der Waals surface area contributed by atoms with E-state index in [1.807, 2.05) is 177 Å². The Bertz CT molecular complexity index is 8310. The topological polar surface area (TPSA) is 510 Å². The number of carbonyl (C=O) groups is 2. The van der Waals surface area contributed by atoms with Crippen molar-refractivity contribution >= 4 is 147 Å². The molecule has 38 heteroatoms. The van der Waals surface area contributed by atoms with Crippen molar-refractivity contribution in [3.8, 4) is 67.4 Å². The van der Waals surface area contributed by atoms with Crippen LogP contribution in [0.5, 0.6) is 0 Å². The number of aliphatic hydroxyl groups is 2. The Hall–Kier alpha value is -18.2. The van der Waals surface area contributed by atoms with Gasteiger partial charge in [0, 0.05) is 189 Å². The molecule has 2 saturated carbocycles. The standard InChI is InChI=1S/C23H23N7O.C23H24N6O.C22H24N6O.C21H19N7O.C20H18F2N6/c1-14-5-3-4-6-17(14)19-9-15-10-20(25-12-18(15)23(24)26-19)27-21-11-16-7-8-29(2)22(31)13-30(16)28-21;1-14-4-2-3-5-17(14)19-10-16-11-21(25-13-18(16)23(24)26-19)27-22-12-20(15-6-7-15)29(28-22)8-9-30;1-14-6-4-5-7-17(14)19-8-15-9-20(24-11-18(15)21(23)27-19)26-16-10-25-28(12-16)13-22(2,3)29;1-11-4-5-23-9-15(11)19-18(13-7-25-26-8-13)14-6-17(27-21(29)12-2-3-12)24-10-16(14)20(22)28-19;1-12-4-2-3-5-15(12)17-6-13-7-19(24-9-16(13)20(23)27-17)26-14-8-25-28(10-14)11-18(21)22/h3-6,9-12H,7-8,13H2,1-2H3,(H2,24,26)(H,25,27,28);2-5,10-13,15,30H,6-9H2,1H3,(H2,24,26)(H,25,27,28);4-12,29H,13H2,1-3H3,(H2,23,27)(H,24,26);4-10,12H,2-3H2,1H3,(H2,22,28)(H,25,26)(H,24,27,29);2-10,18H,11H2,1H3,(H2,23,27)(H,24,26). The molecule has 16 aromatic heterocycles. The summed E-state index contributed by atoms with van der Waals surface area (Å²) in [5, 5.41) is 67.9. The summed E-state index contributed by atoms with van der Waals surface area (Å²) in [6, 6.07) is 55.9. The van der Waals surface area contributed by atoms with Gasteiger partial charge in [-0.1, -0.05) is 97.1 Å². The van der Waals surface area contributed by atoms with Gasteiger partial charge < -0.3 is 70.4 Å². The van der Waals surface area contributed by atoms with Crippen LogP contribution in [0.25, 0.3) is 121 Å². The molecule has 23 rings (SSSR count). The van der Waals surface area contributed by atoms with E-state index < -0.39 is 18.6 Å². The summed E-state index contributed by atoms with van der Waals surface area (Å²) >= 11 is 0. The van der Waals surface area contributed by atoms with Gasteiger partial charge in [0.05, 0.1) is 83.7 Å². The largest absolute Gasteiger partial charge is 0.394 e. The lowest BCUT2D eigenvalue weighted by Gasteiger charge is -2.16. The van der Waals surface area contributed by atoms with Gasteiger partial charge in [0.1, 0.15) is 71.3 Å². The SMILES string of the molecule is Cc1ccccc1-c1cc2cc(Nc3cc(C4CC4)n(CCO)n3)ncc2c(N)n1.Cc1ccccc1-c1cc2cc(Nc3cc4n(n3)CC(=O)N(C)CC4)ncc2c(N)n1.Cc1ccccc1-c1cc2cc(Nc3cnn(CC(C)(C)O)c3)ncc2c(N)n1.Cc1ccccc1-c1cc2cc(Nc3cnn(CC(F)F)c3)ncc2c(N)n1.Cc1ccncc1-c1nc(N)c2cnc(NC(=O)C3CC3)cc2c1-c1cn[nH]c1. The molecule has 3 aliphatic rings. The molecule has 18 N–H and O–H groups in total. The lowest BCUT2D eigenvalue weighted by Crippen LogP contribution is -2.29. The fourth-order valence-corrected chi connectivity index (χ4v) is 17.5. The summed E-state index contributed by atoms with van der Waals surface area (Å²) in [6.07, 6.45) is 24.6. The Morgan fingerprint density at radius 2 is 0.946 bits per heavy atom. The number of nitrogens with zero attached hydrogens (tertiary/aromatic N) is 21. The van der Waals surface area contributed by atoms with E-state index in [-0.39, 0.29) is 30.9 Å². The number of aromatic amines is 1. The molecule has 0 unspecified atom stereocenters. The minimum absolute atomic E-state index is 0.00654. The number of hydrogen-bond acceptors (Lipinski definition) is 29. The van der Waals surface area contributed by atoms with Crippen LogP contribution in [0.2, 0.25) is 0 Å². The molecule has 0 spiro atoms. The highest BCUT2D eigenvalue weighted by Gasteiger charge is 2.32. The Kier molecular flexibility index (Phi) is 28.0. The number of hydrogen-bond donors (Lipinski definition) is 13. The van der Waals surface area contributed by atoms with Crippen molar-refractivity contribution in [1.29, 1.82) is 0 Å². The predicted octanol–water partition coefficient (Wildman–Crippen LogP) is 18.8. The van der Waals surface area contributed by atoms with Crippen molar-refractivity contribution in [2.45, 2.75) is 125 Å². The number of nitrogens with one attached hydrogen (secondary N) is 6. The van der Waals surface area contributed by atoms with Crippen LogP contribution in [0.4, 0.5) is 90.0 Å². The molecule has 20 aromatic rings. The van der Waals surface area contributed by atoms with E-state index >= 15 is 0 Å². The number of anilines is 14. The van der Waals surface area contributed by atoms with E-state index in [1.54, 1.807) is 83.9 Å². The number of aliphatic hydroxyl groups excluding tert-OH is 1. The summed E-state index contributed by atoms with van der Waals surface area (Å²) in [6.45, 7) is 15.2. The van der Waals surface area contributed by atoms with Gasteiger partial charge in [0.2, 0.25) is 11.8 Å². The number of likely N-dealkylation sites (N-methyl/N-ethyl adjacent to an activating group) is 1. The van der Waals surface area contributed by atoms with Gasteiger partial charge in [0.25, 0.3) is 6.43 Å². The van der Waals surface area contributed by atoms with Crippen LogP contribution in [0.3, 0.4) is 0 Å². The number of nitrogen functional groups attached to an aromatic ring is 5. The third-order valence-electron chi connectivity index (χ3n) is 25.5. The van der Waals surface area contributed by atoms with E-state index in [4.69, 9.17) is 28.7 Å². The number of amides is 2. The molecular weight excluding hydrogens is 1860 g/mol. The number of benzene rings is 4. The Morgan fingerprint density at radius 3 is 1.39 bits per heavy atom. The highest BCUT2D eigenvalue weighted by Crippen LogP contribution is 2.44. The maximum atomic E-state index is 12.5. The van der Waals surface area contributed by atoms with Crippen LogP contribution < -0.4 is 55.3 Å². The number of aryl methyl sites for hydroxylation is 5. The molecule has 36 nitrogen and oxygen atoms in total. The first-order valence-corrected chi connectivity index (χ1v) is 47.9. The number of fused-ring (bicyclic) bond motifs is 6. The monoisotopic (exact) mass is 1970 g/mol. The number of aromatic nitrogens is 21. The minimum Gasteiger partial charge on any atom is -0.394 e. The van der Waals surface area contributed by atoms with Gasteiger partial charge in [0.15, 0.2) is 11.6 Å². The maximum Gasteiger partial charge on any atom is 0.257 e. The highest BCUT2D eigenvalue weighted by molar-refractivity contribution is 6.09. The molecule has 742 valence electrons. The molecular formula is C109H108F2N32O4. The number of halogens is 2. The molecule has 147 heavy (non-hydrogen) atoms. The summed E-state index contributed by atoms with van der Waals surface area (Å²) in [5.74, 6) is 7.35. The smallest absolute Gasteiger partial charge is 0.257 e. The zero-order chi connectivity index (χ0) is 102. The van der Waals surface area contributed by atoms with Gasteiger partial charge in [-0.2, -0.15) is 25.5 Å². The quantitative estimate of drug-likeness (QED) is 0.0283. The fourth-order valence-electron chi connectivity index (χ4n) is 17.5. The average molecular weight is 1970 g/mol. The number of nitrogens with two attached hydrogens (primary N) is 5. The van der Waals surface area contributed by atoms with Crippen LogP contribution in [0, 0.1) is 40.5 Å². The lowest BCUT2D eigenvalue weighted by atomic mass is 9.95. The molecule has 2 amide bonds. The summed E-state index contributed by atoms with van der Waals surface area (Å²) < 4.78 is 31.5. The summed E-state index contributed by atoms with van der Waals surface area (Å²) in [4.78, 5) is 75.4. The van der Waals surface area contributed by atoms with E-state index in [9.17, 15) is 28.6 Å². The van der Waals surface area contributed by atoms with E-state index in [0.29, 0.717) is 101 Å². The van der Waals surface area contributed by atoms with E-state index in [1.165, 1.54) is 35.6 Å². The van der Waals surface area contributed by atoms with Gasteiger partial charge in [-0.25, -0.2) is 58.6 Å². The Morgan fingerprint density at radius 1 is 0.497 bits per heavy atom. The zero-order valence-corrected chi connectivity index (χ0v) is 81.9. The molecule has 0 radical (unpaired) electrons. The van der Waals surface area contributed by atoms with Crippen LogP contribution in [0.1, 0.15) is 84.7 Å². The fraction of sp³-hybridized carbons (Fsp3) is 0.211. The van der Waals surface area contributed by atoms with Gasteiger partial charge in [-0.15, -0.1) is 0 Å². The van der Waals surface area contributed by atoms with Crippen molar-refractivity contribution in [3.63, 3.8) is 0 Å². The number of carbonyl (C=O) groups excluding carboxylic acids is 2. The molecule has 0 bridgehead atoms. The Labute approximate surface area is 842 Å². The van der Waals surface area contributed by atoms with Crippen LogP contribution in [-0.2, 0) is 42.2 Å². The maximum absolute atomic E-state index is 12.5. The molecule has 0 saturated heterocycles. The van der Waals surface area contributed by atoms with Gasteiger partial charge >= 0.3 is 0 Å². The zero-order valence-electron chi connectivity index (χ0n) is 81.9. The summed E-state index contributed by atoms with van der Waals surface area (Å²) in [5.41, 5.74) is 50.2. The first-order valence-electron chi connectivity index (χ1n) is 47.9. The van der Waals surface area contributed by atoms with E-state index in [2.05, 4.69) is 163 Å². The number of pyridine rings is 11. The molecule has 1 aliphatic heterocycles. The van der Waals surface area contributed by atoms with Crippen LogP contribution >= 0.6 is 0 Å². The normalized spacial score (nSPS) is 12.9. The summed E-state index contributed by atoms with van der Waals surface area (Å²) in [7, 11) is 1.82. The second-order valence-electron chi connectivity index (χ2n) is 37.3. The average Bonchev–Trinajstić information content (AvgIpc) is 1.69. The second-order valence-corrected chi connectivity index (χ2v) is 37.3. The lowest BCUT2D eigenvalue weighted by molar-refractivity contribution is -0.130. The van der Waals surface area contributed by atoms with Crippen LogP contribution in [-0.4, -0.2) is 163 Å². The first-order chi connectivity index (χ1) is 71.0. The Balaban J connectivity index is 0.000000116. The highest BCUT2D eigenvalue weighted by atomic mass is 19.3. The van der Waals surface area contributed by atoms with Crippen molar-refractivity contribution in [1.82, 2.24) is 109 Å². The molecule has 4 aromatic carbocycles. The minimum atomic E-state index is -2.46. The van der Waals surface area contributed by atoms with Gasteiger partial charge in [-0.3, -0.25) is 38.4 Å². The van der Waals surface area contributed by atoms with Crippen molar-refractivity contribution in [3.05, 3.63) is 290 Å². The second kappa shape index (κ2) is 42.1. The number of H-pyrrole nitrogens is 1. The third kappa shape index (κ3) is 22.8. The molecule has 17 heterocycles. The molecule has 0 atom stereocenters. The predicted molar refractivity (Wildman–Crippen MR) is 572 cm³/mol. The van der Waals surface area contributed by atoms with Crippen molar-refractivity contribution < 1.29 is 28.6 Å². The van der Waals surface area contributed by atoms with Crippen LogP contribution in [0.15, 0.2) is 250 Å². The van der Waals surface area contributed by atoms with Crippen molar-refractivity contribution in [2.75, 3.05) is 75.5 Å². The molecule has 2 fully saturated rings. The van der Waals surface area contributed by atoms with Gasteiger partial charge in [-0.05, 0) is 184 Å².